The minimum atomic E-state index is -0.553. The monoisotopic (exact) mass is 460 g/mol. The van der Waals surface area contributed by atoms with Gasteiger partial charge in [-0.2, -0.15) is 0 Å². The van der Waals surface area contributed by atoms with Crippen LogP contribution in [0.1, 0.15) is 118 Å². The third kappa shape index (κ3) is 6.95. The fourth-order valence-electron chi connectivity index (χ4n) is 7.63. The number of unbranched alkanes of at least 4 members (excludes halogenated alkanes) is 1. The van der Waals surface area contributed by atoms with E-state index in [1.165, 1.54) is 56.9 Å². The van der Waals surface area contributed by atoms with Crippen LogP contribution >= 0.6 is 0 Å². The molecule has 33 heavy (non-hydrogen) atoms. The summed E-state index contributed by atoms with van der Waals surface area (Å²) < 4.78 is 0. The van der Waals surface area contributed by atoms with E-state index in [0.29, 0.717) is 42.4 Å². The van der Waals surface area contributed by atoms with Crippen molar-refractivity contribution < 1.29 is 15.3 Å². The van der Waals surface area contributed by atoms with Gasteiger partial charge in [0, 0.05) is 0 Å². The molecule has 0 aromatic heterocycles. The molecule has 0 aromatic carbocycles. The maximum Gasteiger partial charge on any atom is 0.0602 e. The van der Waals surface area contributed by atoms with Crippen LogP contribution < -0.4 is 0 Å². The Morgan fingerprint density at radius 2 is 1.76 bits per heavy atom. The minimum Gasteiger partial charge on any atom is -0.393 e. The second kappa shape index (κ2) is 11.4. The van der Waals surface area contributed by atoms with E-state index in [1.54, 1.807) is 5.57 Å². The fourth-order valence-corrected chi connectivity index (χ4v) is 7.63. The average Bonchev–Trinajstić information content (AvgIpc) is 3.06. The van der Waals surface area contributed by atoms with Crippen LogP contribution in [0, 0.1) is 29.1 Å². The molecule has 3 rings (SSSR count). The van der Waals surface area contributed by atoms with E-state index >= 15 is 0 Å². The highest BCUT2D eigenvalue weighted by molar-refractivity contribution is 5.28. The normalized spacial score (nSPS) is 37.3. The molecule has 3 heteroatoms. The summed E-state index contributed by atoms with van der Waals surface area (Å²) in [7, 11) is 0. The van der Waals surface area contributed by atoms with Gasteiger partial charge in [0.1, 0.15) is 0 Å². The van der Waals surface area contributed by atoms with Gasteiger partial charge in [0.2, 0.25) is 0 Å². The molecule has 3 aliphatic rings. The molecule has 3 nitrogen and oxygen atoms in total. The van der Waals surface area contributed by atoms with Gasteiger partial charge in [-0.25, -0.2) is 0 Å². The lowest BCUT2D eigenvalue weighted by atomic mass is 9.57. The topological polar surface area (TPSA) is 60.7 Å². The molecule has 190 valence electrons. The predicted molar refractivity (Wildman–Crippen MR) is 138 cm³/mol. The zero-order chi connectivity index (χ0) is 24.2. The molecular formula is C30H52O3. The highest BCUT2D eigenvalue weighted by Crippen LogP contribution is 2.61. The Labute approximate surface area is 203 Å². The molecule has 0 aromatic rings. The highest BCUT2D eigenvalue weighted by atomic mass is 16.3. The van der Waals surface area contributed by atoms with E-state index in [9.17, 15) is 15.3 Å². The maximum absolute atomic E-state index is 10.1. The second-order valence-electron chi connectivity index (χ2n) is 12.7. The lowest BCUT2D eigenvalue weighted by molar-refractivity contribution is 0.0559. The van der Waals surface area contributed by atoms with Gasteiger partial charge in [0.25, 0.3) is 0 Å². The molecule has 0 spiro atoms. The summed E-state index contributed by atoms with van der Waals surface area (Å²) in [6, 6.07) is 0. The van der Waals surface area contributed by atoms with Crippen LogP contribution in [0.4, 0.5) is 0 Å². The Hall–Kier alpha value is -0.640. The third-order valence-corrected chi connectivity index (χ3v) is 9.41. The molecule has 0 bridgehead atoms. The van der Waals surface area contributed by atoms with Gasteiger partial charge in [0.05, 0.1) is 17.8 Å². The molecule has 7 atom stereocenters. The van der Waals surface area contributed by atoms with Crippen LogP contribution in [-0.2, 0) is 0 Å². The Bertz CT molecular complexity index is 675. The van der Waals surface area contributed by atoms with Crippen molar-refractivity contribution in [1.29, 1.82) is 0 Å². The van der Waals surface area contributed by atoms with Gasteiger partial charge < -0.3 is 15.3 Å². The van der Waals surface area contributed by atoms with Crippen molar-refractivity contribution >= 4 is 0 Å². The molecule has 0 radical (unpaired) electrons. The van der Waals surface area contributed by atoms with Crippen molar-refractivity contribution in [3.63, 3.8) is 0 Å². The molecule has 0 amide bonds. The summed E-state index contributed by atoms with van der Waals surface area (Å²) in [5.74, 6) is 2.84. The van der Waals surface area contributed by atoms with E-state index in [1.807, 2.05) is 13.8 Å². The number of hydrogen-bond donors (Lipinski definition) is 3. The zero-order valence-corrected chi connectivity index (χ0v) is 22.2. The minimum absolute atomic E-state index is 0.382. The number of aliphatic hydroxyl groups is 3. The smallest absolute Gasteiger partial charge is 0.0602 e. The zero-order valence-electron chi connectivity index (χ0n) is 22.2. The second-order valence-corrected chi connectivity index (χ2v) is 12.7. The van der Waals surface area contributed by atoms with Crippen LogP contribution in [0.5, 0.6) is 0 Å². The third-order valence-electron chi connectivity index (χ3n) is 9.41. The molecule has 0 saturated heterocycles. The molecule has 0 heterocycles. The van der Waals surface area contributed by atoms with E-state index in [2.05, 4.69) is 32.9 Å². The molecule has 3 fully saturated rings. The molecule has 3 N–H and O–H groups in total. The van der Waals surface area contributed by atoms with Crippen LogP contribution in [0.15, 0.2) is 23.3 Å². The Morgan fingerprint density at radius 3 is 2.39 bits per heavy atom. The first-order valence-electron chi connectivity index (χ1n) is 14.0. The summed E-state index contributed by atoms with van der Waals surface area (Å²) in [6.45, 7) is 11.2. The predicted octanol–water partition coefficient (Wildman–Crippen LogP) is 6.95. The summed E-state index contributed by atoms with van der Waals surface area (Å²) in [5.41, 5.74) is 2.71. The Balaban J connectivity index is 1.77. The summed E-state index contributed by atoms with van der Waals surface area (Å²) in [4.78, 5) is 0. The van der Waals surface area contributed by atoms with Gasteiger partial charge in [-0.1, -0.05) is 69.8 Å². The summed E-state index contributed by atoms with van der Waals surface area (Å²) in [6.07, 6.45) is 18.2. The standard InChI is InChI=1S/C30H52O3/c1-6-7-10-23-15-17-30(5)27(21(2)9-8-16-29(3,4)33)13-14-28(30)26(23)12-11-22-18-24(31)20-25(32)19-22/h11-12,21,23-25,27-28,31-33H,6-10,13-20H2,1-5H3/b26-12+/t21-,23-,24-,25-,27-,28+,30-/m1/s1. The number of rotatable bonds is 9. The Kier molecular flexibility index (Phi) is 9.31. The van der Waals surface area contributed by atoms with E-state index in [-0.39, 0.29) is 0 Å². The SMILES string of the molecule is CCCC[C@@H]1CC[C@]2(C)[C@@H]([C@H](C)CCCC(C)(C)O)CC[C@H]2/C1=C/C=C1C[C@@H](O)C[C@H](O)C1. The summed E-state index contributed by atoms with van der Waals surface area (Å²) in [5, 5.41) is 30.4. The lowest BCUT2D eigenvalue weighted by Crippen LogP contribution is -2.39. The van der Waals surface area contributed by atoms with Crippen LogP contribution in [0.2, 0.25) is 0 Å². The van der Waals surface area contributed by atoms with E-state index in [0.717, 1.165) is 18.8 Å². The molecule has 0 unspecified atom stereocenters. The van der Waals surface area contributed by atoms with Crippen molar-refractivity contribution in [3.05, 3.63) is 23.3 Å². The molecule has 0 aliphatic heterocycles. The first kappa shape index (κ1) is 27.0. The van der Waals surface area contributed by atoms with Gasteiger partial charge in [-0.05, 0) is 101 Å². The van der Waals surface area contributed by atoms with Crippen molar-refractivity contribution in [2.24, 2.45) is 29.1 Å². The molecule has 3 aliphatic carbocycles. The van der Waals surface area contributed by atoms with Gasteiger partial charge in [0.15, 0.2) is 0 Å². The maximum atomic E-state index is 10.1. The van der Waals surface area contributed by atoms with E-state index < -0.39 is 17.8 Å². The van der Waals surface area contributed by atoms with Gasteiger partial charge in [-0.3, -0.25) is 0 Å². The van der Waals surface area contributed by atoms with Crippen molar-refractivity contribution in [2.45, 2.75) is 136 Å². The van der Waals surface area contributed by atoms with Crippen molar-refractivity contribution in [3.8, 4) is 0 Å². The average molecular weight is 461 g/mol. The highest BCUT2D eigenvalue weighted by Gasteiger charge is 2.52. The van der Waals surface area contributed by atoms with Crippen molar-refractivity contribution in [2.75, 3.05) is 0 Å². The van der Waals surface area contributed by atoms with E-state index in [4.69, 9.17) is 0 Å². The quantitative estimate of drug-likeness (QED) is 0.349. The molecular weight excluding hydrogens is 408 g/mol. The first-order chi connectivity index (χ1) is 15.5. The van der Waals surface area contributed by atoms with Gasteiger partial charge in [-0.15, -0.1) is 0 Å². The fraction of sp³-hybridized carbons (Fsp3) is 0.867. The number of allylic oxidation sites excluding steroid dienone is 3. The van der Waals surface area contributed by atoms with Crippen LogP contribution in [0.25, 0.3) is 0 Å². The van der Waals surface area contributed by atoms with Crippen molar-refractivity contribution in [1.82, 2.24) is 0 Å². The number of hydrogen-bond acceptors (Lipinski definition) is 3. The Morgan fingerprint density at radius 1 is 1.06 bits per heavy atom. The van der Waals surface area contributed by atoms with Gasteiger partial charge >= 0.3 is 0 Å². The summed E-state index contributed by atoms with van der Waals surface area (Å²) >= 11 is 0. The number of fused-ring (bicyclic) bond motifs is 1. The first-order valence-corrected chi connectivity index (χ1v) is 14.0. The van der Waals surface area contributed by atoms with Crippen LogP contribution in [-0.4, -0.2) is 33.1 Å². The number of aliphatic hydroxyl groups excluding tert-OH is 2. The van der Waals surface area contributed by atoms with Crippen LogP contribution in [0.3, 0.4) is 0 Å². The lowest BCUT2D eigenvalue weighted by Gasteiger charge is -2.47. The molecule has 3 saturated carbocycles. The largest absolute Gasteiger partial charge is 0.393 e.